The van der Waals surface area contributed by atoms with Crippen molar-refractivity contribution in [1.82, 2.24) is 14.9 Å². The van der Waals surface area contributed by atoms with Crippen molar-refractivity contribution >= 4 is 39.4 Å². The van der Waals surface area contributed by atoms with Gasteiger partial charge in [0.2, 0.25) is 10.0 Å². The Morgan fingerprint density at radius 3 is 2.12 bits per heavy atom. The van der Waals surface area contributed by atoms with Gasteiger partial charge in [-0.3, -0.25) is 14.4 Å². The van der Waals surface area contributed by atoms with Crippen LogP contribution in [0.3, 0.4) is 0 Å². The number of nitrogens with one attached hydrogen (secondary N) is 2. The lowest BCUT2D eigenvalue weighted by Crippen LogP contribution is -2.34. The minimum atomic E-state index is -3.63. The Hall–Kier alpha value is -2.95. The van der Waals surface area contributed by atoms with Crippen LogP contribution in [-0.4, -0.2) is 56.7 Å². The van der Waals surface area contributed by atoms with E-state index in [2.05, 4.69) is 10.6 Å². The van der Waals surface area contributed by atoms with Gasteiger partial charge >= 0.3 is 5.97 Å². The van der Waals surface area contributed by atoms with E-state index in [0.717, 1.165) is 5.56 Å². The molecule has 0 aromatic heterocycles. The van der Waals surface area contributed by atoms with Gasteiger partial charge < -0.3 is 15.4 Å². The molecule has 178 valence electrons. The fourth-order valence-electron chi connectivity index (χ4n) is 2.80. The van der Waals surface area contributed by atoms with Gasteiger partial charge in [-0.25, -0.2) is 8.42 Å². The Kier molecular flexibility index (Phi) is 9.83. The summed E-state index contributed by atoms with van der Waals surface area (Å²) in [6.07, 6.45) is 0. The van der Waals surface area contributed by atoms with E-state index < -0.39 is 41.0 Å². The number of esters is 1. The quantitative estimate of drug-likeness (QED) is 0.459. The molecule has 0 unspecified atom stereocenters. The molecular formula is C22H26ClN3O6S. The topological polar surface area (TPSA) is 122 Å². The molecule has 0 saturated heterocycles. The van der Waals surface area contributed by atoms with E-state index in [1.165, 1.54) is 28.6 Å². The predicted molar refractivity (Wildman–Crippen MR) is 123 cm³/mol. The van der Waals surface area contributed by atoms with Crippen molar-refractivity contribution in [2.75, 3.05) is 26.2 Å². The second-order valence-corrected chi connectivity index (χ2v) is 9.23. The smallest absolute Gasteiger partial charge is 0.325 e. The molecular weight excluding hydrogens is 470 g/mol. The molecule has 0 aliphatic carbocycles. The number of carbonyl (C=O) groups is 3. The molecule has 0 spiro atoms. The minimum Gasteiger partial charge on any atom is -0.454 e. The third-order valence-electron chi connectivity index (χ3n) is 4.62. The second-order valence-electron chi connectivity index (χ2n) is 6.86. The SMILES string of the molecule is CCN(CC)S(=O)(=O)c1ccc(C(=O)NCC(=O)OCC(=O)NCc2ccc(Cl)cc2)cc1. The lowest BCUT2D eigenvalue weighted by molar-refractivity contribution is -0.147. The van der Waals surface area contributed by atoms with Gasteiger partial charge in [0.15, 0.2) is 6.61 Å². The molecule has 11 heteroatoms. The van der Waals surface area contributed by atoms with Crippen LogP contribution in [0.2, 0.25) is 5.02 Å². The maximum absolute atomic E-state index is 12.5. The zero-order chi connectivity index (χ0) is 24.4. The first kappa shape index (κ1) is 26.3. The summed E-state index contributed by atoms with van der Waals surface area (Å²) in [7, 11) is -3.63. The summed E-state index contributed by atoms with van der Waals surface area (Å²) in [5, 5.41) is 5.56. The van der Waals surface area contributed by atoms with Crippen LogP contribution in [0.15, 0.2) is 53.4 Å². The molecule has 0 aliphatic heterocycles. The van der Waals surface area contributed by atoms with E-state index in [4.69, 9.17) is 16.3 Å². The Bertz CT molecular complexity index is 1070. The number of amides is 2. The highest BCUT2D eigenvalue weighted by Crippen LogP contribution is 2.16. The van der Waals surface area contributed by atoms with Crippen LogP contribution < -0.4 is 10.6 Å². The molecule has 2 aromatic carbocycles. The lowest BCUT2D eigenvalue weighted by atomic mass is 10.2. The van der Waals surface area contributed by atoms with Crippen molar-refractivity contribution in [3.8, 4) is 0 Å². The standard InChI is InChI=1S/C22H26ClN3O6S/c1-3-26(4-2)33(30,31)19-11-7-17(8-12-19)22(29)25-14-21(28)32-15-20(27)24-13-16-5-9-18(23)10-6-16/h5-12H,3-4,13-15H2,1-2H3,(H,24,27)(H,25,29). The molecule has 0 atom stereocenters. The summed E-state index contributed by atoms with van der Waals surface area (Å²) in [4.78, 5) is 35.9. The van der Waals surface area contributed by atoms with Gasteiger partial charge in [-0.1, -0.05) is 37.6 Å². The average Bonchev–Trinajstić information content (AvgIpc) is 2.81. The third-order valence-corrected chi connectivity index (χ3v) is 6.94. The van der Waals surface area contributed by atoms with E-state index in [-0.39, 0.29) is 17.0 Å². The Morgan fingerprint density at radius 2 is 1.55 bits per heavy atom. The number of hydrogen-bond acceptors (Lipinski definition) is 6. The van der Waals surface area contributed by atoms with E-state index in [9.17, 15) is 22.8 Å². The van der Waals surface area contributed by atoms with Crippen LogP contribution in [0.4, 0.5) is 0 Å². The molecule has 2 N–H and O–H groups in total. The van der Waals surface area contributed by atoms with Crippen molar-refractivity contribution in [2.45, 2.75) is 25.3 Å². The first-order valence-corrected chi connectivity index (χ1v) is 12.0. The zero-order valence-electron chi connectivity index (χ0n) is 18.3. The van der Waals surface area contributed by atoms with Crippen LogP contribution in [0.1, 0.15) is 29.8 Å². The Morgan fingerprint density at radius 1 is 0.939 bits per heavy atom. The Labute approximate surface area is 198 Å². The predicted octanol–water partition coefficient (Wildman–Crippen LogP) is 1.96. The zero-order valence-corrected chi connectivity index (χ0v) is 19.9. The normalized spacial score (nSPS) is 11.2. The second kappa shape index (κ2) is 12.3. The molecule has 2 rings (SSSR count). The summed E-state index contributed by atoms with van der Waals surface area (Å²) in [5.41, 5.74) is 1.02. The van der Waals surface area contributed by atoms with Crippen molar-refractivity contribution in [1.29, 1.82) is 0 Å². The van der Waals surface area contributed by atoms with E-state index >= 15 is 0 Å². The highest BCUT2D eigenvalue weighted by Gasteiger charge is 2.21. The fourth-order valence-corrected chi connectivity index (χ4v) is 4.38. The van der Waals surface area contributed by atoms with Crippen LogP contribution in [0.25, 0.3) is 0 Å². The van der Waals surface area contributed by atoms with Crippen LogP contribution in [0.5, 0.6) is 0 Å². The average molecular weight is 496 g/mol. The maximum Gasteiger partial charge on any atom is 0.325 e. The van der Waals surface area contributed by atoms with Crippen molar-refractivity contribution < 1.29 is 27.5 Å². The number of sulfonamides is 1. The molecule has 0 aliphatic rings. The van der Waals surface area contributed by atoms with Gasteiger partial charge in [-0.05, 0) is 42.0 Å². The first-order chi connectivity index (χ1) is 15.7. The summed E-state index contributed by atoms with van der Waals surface area (Å²) < 4.78 is 31.1. The van der Waals surface area contributed by atoms with Crippen molar-refractivity contribution in [2.24, 2.45) is 0 Å². The number of rotatable bonds is 11. The van der Waals surface area contributed by atoms with Crippen LogP contribution >= 0.6 is 11.6 Å². The Balaban J connectivity index is 1.77. The van der Waals surface area contributed by atoms with Gasteiger partial charge in [0.1, 0.15) is 6.54 Å². The molecule has 0 bridgehead atoms. The van der Waals surface area contributed by atoms with Crippen LogP contribution in [-0.2, 0) is 30.9 Å². The van der Waals surface area contributed by atoms with Gasteiger partial charge in [0.05, 0.1) is 4.90 Å². The largest absolute Gasteiger partial charge is 0.454 e. The molecule has 9 nitrogen and oxygen atoms in total. The number of carbonyl (C=O) groups excluding carboxylic acids is 3. The summed E-state index contributed by atoms with van der Waals surface area (Å²) in [6.45, 7) is 3.48. The monoisotopic (exact) mass is 495 g/mol. The number of benzene rings is 2. The third kappa shape index (κ3) is 7.85. The fraction of sp³-hybridized carbons (Fsp3) is 0.318. The number of halogens is 1. The van der Waals surface area contributed by atoms with Gasteiger partial charge in [-0.15, -0.1) is 0 Å². The maximum atomic E-state index is 12.5. The summed E-state index contributed by atoms with van der Waals surface area (Å²) in [5.74, 6) is -1.86. The molecule has 33 heavy (non-hydrogen) atoms. The first-order valence-electron chi connectivity index (χ1n) is 10.2. The molecule has 0 heterocycles. The van der Waals surface area contributed by atoms with Gasteiger partial charge in [-0.2, -0.15) is 4.31 Å². The lowest BCUT2D eigenvalue weighted by Gasteiger charge is -2.18. The number of nitrogens with zero attached hydrogens (tertiary/aromatic N) is 1. The highest BCUT2D eigenvalue weighted by molar-refractivity contribution is 7.89. The molecule has 0 fully saturated rings. The molecule has 2 aromatic rings. The van der Waals surface area contributed by atoms with Crippen molar-refractivity contribution in [3.63, 3.8) is 0 Å². The van der Waals surface area contributed by atoms with Crippen LogP contribution in [0, 0.1) is 0 Å². The highest BCUT2D eigenvalue weighted by atomic mass is 35.5. The van der Waals surface area contributed by atoms with E-state index in [1.807, 2.05) is 0 Å². The summed E-state index contributed by atoms with van der Waals surface area (Å²) in [6, 6.07) is 12.3. The molecule has 0 radical (unpaired) electrons. The number of hydrogen-bond donors (Lipinski definition) is 2. The number of ether oxygens (including phenoxy) is 1. The molecule has 0 saturated carbocycles. The van der Waals surface area contributed by atoms with E-state index in [1.54, 1.807) is 38.1 Å². The van der Waals surface area contributed by atoms with Gasteiger partial charge in [0.25, 0.3) is 11.8 Å². The minimum absolute atomic E-state index is 0.0757. The van der Waals surface area contributed by atoms with Crippen molar-refractivity contribution in [3.05, 3.63) is 64.7 Å². The van der Waals surface area contributed by atoms with Gasteiger partial charge in [0, 0.05) is 30.2 Å². The van der Waals surface area contributed by atoms with E-state index in [0.29, 0.717) is 18.1 Å². The summed E-state index contributed by atoms with van der Waals surface area (Å²) >= 11 is 5.80. The molecule has 2 amide bonds.